The molecule has 0 aliphatic carbocycles. The van der Waals surface area contributed by atoms with Crippen molar-refractivity contribution in [1.82, 2.24) is 4.72 Å². The third-order valence-corrected chi connectivity index (χ3v) is 2.30. The van der Waals surface area contributed by atoms with Crippen molar-refractivity contribution < 1.29 is 38.2 Å². The maximum atomic E-state index is 10.4. The summed E-state index contributed by atoms with van der Waals surface area (Å²) >= 11 is 0. The third-order valence-electron chi connectivity index (χ3n) is 1.73. The molecule has 0 rings (SSSR count). The molecule has 1 radical (unpaired) electrons. The molecule has 0 aromatic rings. The first-order valence-electron chi connectivity index (χ1n) is 4.08. The molecule has 0 bridgehead atoms. The summed E-state index contributed by atoms with van der Waals surface area (Å²) in [4.78, 5) is 10.4. The summed E-state index contributed by atoms with van der Waals surface area (Å²) in [7, 11) is -4.74. The van der Waals surface area contributed by atoms with E-state index in [1.165, 1.54) is 4.72 Å². The van der Waals surface area contributed by atoms with E-state index in [2.05, 4.69) is 0 Å². The van der Waals surface area contributed by atoms with Gasteiger partial charge in [0, 0.05) is 51.4 Å². The van der Waals surface area contributed by atoms with Crippen molar-refractivity contribution in [2.24, 2.45) is 0 Å². The first-order valence-corrected chi connectivity index (χ1v) is 5.52. The molecular weight excluding hydrogens is 285 g/mol. The van der Waals surface area contributed by atoms with Crippen molar-refractivity contribution in [2.45, 2.75) is 24.4 Å². The van der Waals surface area contributed by atoms with Crippen LogP contribution in [-0.2, 0) is 15.1 Å². The molecule has 0 heterocycles. The smallest absolute Gasteiger partial charge is 0.334 e. The average molecular weight is 298 g/mol. The van der Waals surface area contributed by atoms with Gasteiger partial charge in [-0.15, -0.1) is 0 Å². The topological polar surface area (TPSA) is 164 Å². The van der Waals surface area contributed by atoms with Gasteiger partial charge in [-0.25, -0.2) is 0 Å². The van der Waals surface area contributed by atoms with E-state index < -0.39 is 41.3 Å². The van der Waals surface area contributed by atoms with E-state index in [1.54, 1.807) is 0 Å². The van der Waals surface area contributed by atoms with Crippen LogP contribution >= 0.6 is 0 Å². The monoisotopic (exact) mass is 298 g/mol. The Kier molecular flexibility index (Phi) is 10.8. The zero-order valence-corrected chi connectivity index (χ0v) is 12.9. The number of rotatable bonds is 7. The molecule has 0 aliphatic rings. The second-order valence-corrected chi connectivity index (χ2v) is 4.17. The molecule has 0 amide bonds. The van der Waals surface area contributed by atoms with Crippen molar-refractivity contribution in [3.63, 3.8) is 0 Å². The molecule has 9 nitrogen and oxygen atoms in total. The van der Waals surface area contributed by atoms with Gasteiger partial charge in [-0.05, 0) is 0 Å². The van der Waals surface area contributed by atoms with Gasteiger partial charge < -0.3 is 25.2 Å². The molecule has 0 unspecified atom stereocenters. The Balaban J connectivity index is 0. The number of carbonyl (C=O) groups excluding carboxylic acids is 1. The second kappa shape index (κ2) is 9.01. The number of hydrogen-bond acceptors (Lipinski definition) is 7. The Hall–Kier alpha value is 1.02. The fourth-order valence-corrected chi connectivity index (χ4v) is 1.44. The van der Waals surface area contributed by atoms with Gasteiger partial charge >= 0.3 is 10.3 Å². The standard InChI is InChI=1S/C6H13NO8S.K/c8-1-3(7-16(13,14)15)5(11)6(12)4(10)2-9;/h1,3-7,9-12H,2H2,(H,13,14,15);/t3-,4+,5+,6+;/m0./s1. The third kappa shape index (κ3) is 7.92. The first-order chi connectivity index (χ1) is 7.22. The molecule has 0 spiro atoms. The molecule has 6 N–H and O–H groups in total. The van der Waals surface area contributed by atoms with Crippen molar-refractivity contribution in [3.05, 3.63) is 0 Å². The molecule has 0 fully saturated rings. The van der Waals surface area contributed by atoms with Gasteiger partial charge in [0.1, 0.15) is 30.6 Å². The predicted octanol–water partition coefficient (Wildman–Crippen LogP) is -4.36. The van der Waals surface area contributed by atoms with Crippen LogP contribution in [0.15, 0.2) is 0 Å². The van der Waals surface area contributed by atoms with Crippen LogP contribution in [0.2, 0.25) is 0 Å². The van der Waals surface area contributed by atoms with Gasteiger partial charge in [0.15, 0.2) is 0 Å². The summed E-state index contributed by atoms with van der Waals surface area (Å²) in [5.74, 6) is 0. The van der Waals surface area contributed by atoms with Gasteiger partial charge in [0.05, 0.1) is 6.61 Å². The normalized spacial score (nSPS) is 18.6. The SMILES string of the molecule is O=C[C@H](NS(=O)(=O)O)[C@@H](O)[C@H](O)[C@H](O)CO.[K]. The van der Waals surface area contributed by atoms with E-state index in [4.69, 9.17) is 19.9 Å². The second-order valence-electron chi connectivity index (χ2n) is 2.99. The van der Waals surface area contributed by atoms with Crippen molar-refractivity contribution in [3.8, 4) is 0 Å². The fraction of sp³-hybridized carbons (Fsp3) is 0.833. The number of hydrogen-bond donors (Lipinski definition) is 6. The number of aliphatic hydroxyl groups excluding tert-OH is 4. The first kappa shape index (κ1) is 20.3. The molecule has 0 saturated carbocycles. The van der Waals surface area contributed by atoms with E-state index in [0.29, 0.717) is 0 Å². The van der Waals surface area contributed by atoms with Gasteiger partial charge in [-0.2, -0.15) is 13.1 Å². The molecular formula is C6H13KNO8S. The Bertz CT molecular complexity index is 322. The maximum Gasteiger partial charge on any atom is 0.334 e. The maximum absolute atomic E-state index is 10.4. The minimum Gasteiger partial charge on any atom is -0.394 e. The summed E-state index contributed by atoms with van der Waals surface area (Å²) in [6.07, 6.45) is -5.79. The van der Waals surface area contributed by atoms with Gasteiger partial charge in [-0.1, -0.05) is 0 Å². The van der Waals surface area contributed by atoms with E-state index in [-0.39, 0.29) is 57.7 Å². The minimum absolute atomic E-state index is 0. The van der Waals surface area contributed by atoms with Crippen LogP contribution in [0.5, 0.6) is 0 Å². The van der Waals surface area contributed by atoms with Gasteiger partial charge in [0.2, 0.25) is 0 Å². The molecule has 0 aromatic heterocycles. The largest absolute Gasteiger partial charge is 0.394 e. The molecule has 17 heavy (non-hydrogen) atoms. The molecule has 4 atom stereocenters. The summed E-state index contributed by atoms with van der Waals surface area (Å²) in [6, 6.07) is -1.84. The zero-order valence-electron chi connectivity index (χ0n) is 8.96. The number of carbonyl (C=O) groups is 1. The van der Waals surface area contributed by atoms with Crippen LogP contribution in [0.25, 0.3) is 0 Å². The van der Waals surface area contributed by atoms with Crippen LogP contribution in [0, 0.1) is 0 Å². The quantitative estimate of drug-likeness (QED) is 0.156. The van der Waals surface area contributed by atoms with Gasteiger partial charge in [0.25, 0.3) is 0 Å². The van der Waals surface area contributed by atoms with Crippen molar-refractivity contribution in [2.75, 3.05) is 6.61 Å². The number of nitrogens with one attached hydrogen (secondary N) is 1. The average Bonchev–Trinajstić information content (AvgIpc) is 2.21. The fourth-order valence-electron chi connectivity index (χ4n) is 0.898. The van der Waals surface area contributed by atoms with Crippen LogP contribution in [0.1, 0.15) is 0 Å². The van der Waals surface area contributed by atoms with E-state index >= 15 is 0 Å². The summed E-state index contributed by atoms with van der Waals surface area (Å²) < 4.78 is 30.4. The van der Waals surface area contributed by atoms with E-state index in [1.807, 2.05) is 0 Å². The van der Waals surface area contributed by atoms with Crippen molar-refractivity contribution >= 4 is 68.0 Å². The van der Waals surface area contributed by atoms with Crippen LogP contribution in [0.3, 0.4) is 0 Å². The molecule has 0 aromatic carbocycles. The molecule has 11 heteroatoms. The van der Waals surface area contributed by atoms with Gasteiger partial charge in [-0.3, -0.25) is 4.55 Å². The Morgan fingerprint density at radius 2 is 1.65 bits per heavy atom. The van der Waals surface area contributed by atoms with Crippen LogP contribution < -0.4 is 4.72 Å². The van der Waals surface area contributed by atoms with Crippen LogP contribution in [0.4, 0.5) is 0 Å². The predicted molar refractivity (Wildman–Crippen MR) is 55.4 cm³/mol. The molecule has 0 saturated heterocycles. The summed E-state index contributed by atoms with van der Waals surface area (Å²) in [6.45, 7) is -0.893. The zero-order chi connectivity index (χ0) is 12.9. The molecule has 97 valence electrons. The number of aldehydes is 1. The number of aliphatic hydroxyl groups is 4. The Morgan fingerprint density at radius 3 is 1.94 bits per heavy atom. The summed E-state index contributed by atoms with van der Waals surface area (Å²) in [5.41, 5.74) is 0. The summed E-state index contributed by atoms with van der Waals surface area (Å²) in [5, 5.41) is 35.8. The van der Waals surface area contributed by atoms with E-state index in [9.17, 15) is 18.3 Å². The van der Waals surface area contributed by atoms with E-state index in [0.717, 1.165) is 0 Å². The Labute approximate surface area is 140 Å². The molecule has 0 aliphatic heterocycles. The van der Waals surface area contributed by atoms with Crippen LogP contribution in [-0.4, -0.2) is 122 Å². The van der Waals surface area contributed by atoms with Crippen molar-refractivity contribution in [1.29, 1.82) is 0 Å². The minimum atomic E-state index is -4.74. The Morgan fingerprint density at radius 1 is 1.18 bits per heavy atom.